The zero-order valence-electron chi connectivity index (χ0n) is 9.37. The van der Waals surface area contributed by atoms with Crippen LogP contribution in [0.2, 0.25) is 0 Å². The van der Waals surface area contributed by atoms with Gasteiger partial charge in [-0.1, -0.05) is 13.8 Å². The first-order valence-corrected chi connectivity index (χ1v) is 4.97. The molecule has 14 heavy (non-hydrogen) atoms. The van der Waals surface area contributed by atoms with Crippen molar-refractivity contribution < 1.29 is 14.3 Å². The normalized spacial score (nSPS) is 10.1. The number of rotatable bonds is 5. The molecule has 0 N–H and O–H groups in total. The van der Waals surface area contributed by atoms with Crippen LogP contribution in [0.1, 0.15) is 27.7 Å². The van der Waals surface area contributed by atoms with E-state index in [1.54, 1.807) is 6.92 Å². The molecule has 82 valence electrons. The van der Waals surface area contributed by atoms with E-state index < -0.39 is 0 Å². The summed E-state index contributed by atoms with van der Waals surface area (Å²) in [6, 6.07) is 0. The molecule has 4 heteroatoms. The lowest BCUT2D eigenvalue weighted by Gasteiger charge is -2.21. The lowest BCUT2D eigenvalue weighted by Crippen LogP contribution is -2.38. The third-order valence-electron chi connectivity index (χ3n) is 1.81. The fraction of sp³-hybridized carbons (Fsp3) is 0.800. The molecular weight excluding hydrogens is 182 g/mol. The van der Waals surface area contributed by atoms with Crippen molar-refractivity contribution >= 4 is 11.9 Å². The SMILES string of the molecule is CCOC(=O)CN(CC)C(=O)C(C)C. The van der Waals surface area contributed by atoms with Gasteiger partial charge in [0.25, 0.3) is 0 Å². The van der Waals surface area contributed by atoms with Gasteiger partial charge >= 0.3 is 5.97 Å². The zero-order valence-corrected chi connectivity index (χ0v) is 9.37. The van der Waals surface area contributed by atoms with Crippen LogP contribution >= 0.6 is 0 Å². The lowest BCUT2D eigenvalue weighted by molar-refractivity contribution is -0.149. The quantitative estimate of drug-likeness (QED) is 0.625. The van der Waals surface area contributed by atoms with Crippen molar-refractivity contribution in [1.29, 1.82) is 0 Å². The van der Waals surface area contributed by atoms with Crippen LogP contribution in [-0.4, -0.2) is 36.5 Å². The molecule has 0 heterocycles. The molecule has 0 aromatic carbocycles. The lowest BCUT2D eigenvalue weighted by atomic mass is 10.2. The summed E-state index contributed by atoms with van der Waals surface area (Å²) in [5.74, 6) is -0.437. The Balaban J connectivity index is 4.15. The van der Waals surface area contributed by atoms with E-state index in [0.29, 0.717) is 13.2 Å². The maximum absolute atomic E-state index is 11.5. The maximum atomic E-state index is 11.5. The van der Waals surface area contributed by atoms with Gasteiger partial charge in [0.1, 0.15) is 6.54 Å². The van der Waals surface area contributed by atoms with Gasteiger partial charge in [-0.2, -0.15) is 0 Å². The molecule has 0 saturated heterocycles. The smallest absolute Gasteiger partial charge is 0.325 e. The monoisotopic (exact) mass is 201 g/mol. The topological polar surface area (TPSA) is 46.6 Å². The highest BCUT2D eigenvalue weighted by Crippen LogP contribution is 2.01. The molecule has 0 fully saturated rings. The minimum absolute atomic E-state index is 0.0134. The molecule has 0 spiro atoms. The van der Waals surface area contributed by atoms with E-state index in [2.05, 4.69) is 0 Å². The molecular formula is C10H19NO3. The molecule has 0 bridgehead atoms. The van der Waals surface area contributed by atoms with Crippen LogP contribution in [0.4, 0.5) is 0 Å². The van der Waals surface area contributed by atoms with Gasteiger partial charge in [-0.15, -0.1) is 0 Å². The van der Waals surface area contributed by atoms with E-state index in [4.69, 9.17) is 4.74 Å². The van der Waals surface area contributed by atoms with Gasteiger partial charge in [-0.3, -0.25) is 9.59 Å². The number of esters is 1. The van der Waals surface area contributed by atoms with Crippen molar-refractivity contribution in [3.05, 3.63) is 0 Å². The van der Waals surface area contributed by atoms with Crippen molar-refractivity contribution in [1.82, 2.24) is 4.90 Å². The molecule has 0 rings (SSSR count). The Labute approximate surface area is 85.2 Å². The van der Waals surface area contributed by atoms with Crippen LogP contribution in [-0.2, 0) is 14.3 Å². The molecule has 0 aliphatic heterocycles. The fourth-order valence-electron chi connectivity index (χ4n) is 1.07. The summed E-state index contributed by atoms with van der Waals surface area (Å²) in [5.41, 5.74) is 0. The predicted molar refractivity (Wildman–Crippen MR) is 53.7 cm³/mol. The van der Waals surface area contributed by atoms with Crippen LogP contribution < -0.4 is 0 Å². The van der Waals surface area contributed by atoms with Crippen LogP contribution in [0.15, 0.2) is 0 Å². The van der Waals surface area contributed by atoms with Gasteiger partial charge in [0.2, 0.25) is 5.91 Å². The van der Waals surface area contributed by atoms with Crippen molar-refractivity contribution in [2.75, 3.05) is 19.7 Å². The highest BCUT2D eigenvalue weighted by molar-refractivity contribution is 5.83. The second-order valence-corrected chi connectivity index (χ2v) is 3.31. The molecule has 1 amide bonds. The van der Waals surface area contributed by atoms with Crippen molar-refractivity contribution in [2.24, 2.45) is 5.92 Å². The summed E-state index contributed by atoms with van der Waals surface area (Å²) < 4.78 is 4.77. The Morgan fingerprint density at radius 1 is 1.29 bits per heavy atom. The third kappa shape index (κ3) is 4.25. The predicted octanol–water partition coefficient (Wildman–Crippen LogP) is 1.05. The second kappa shape index (κ2) is 6.40. The molecule has 0 radical (unpaired) electrons. The minimum Gasteiger partial charge on any atom is -0.465 e. The van der Waals surface area contributed by atoms with Gasteiger partial charge in [0, 0.05) is 12.5 Å². The minimum atomic E-state index is -0.344. The summed E-state index contributed by atoms with van der Waals surface area (Å²) in [6.45, 7) is 8.17. The number of hydrogen-bond donors (Lipinski definition) is 0. The van der Waals surface area contributed by atoms with E-state index in [1.165, 1.54) is 4.90 Å². The number of carbonyl (C=O) groups is 2. The Kier molecular flexibility index (Phi) is 5.92. The van der Waals surface area contributed by atoms with Crippen LogP contribution in [0.25, 0.3) is 0 Å². The number of ether oxygens (including phenoxy) is 1. The number of likely N-dealkylation sites (N-methyl/N-ethyl adjacent to an activating group) is 1. The first-order chi connectivity index (χ1) is 6.52. The van der Waals surface area contributed by atoms with Gasteiger partial charge in [0.05, 0.1) is 6.61 Å². The van der Waals surface area contributed by atoms with E-state index >= 15 is 0 Å². The Bertz CT molecular complexity index is 202. The average molecular weight is 201 g/mol. The van der Waals surface area contributed by atoms with E-state index in [-0.39, 0.29) is 24.3 Å². The molecule has 0 aromatic heterocycles. The maximum Gasteiger partial charge on any atom is 0.325 e. The van der Waals surface area contributed by atoms with Crippen molar-refractivity contribution in [3.63, 3.8) is 0 Å². The fourth-order valence-corrected chi connectivity index (χ4v) is 1.07. The van der Waals surface area contributed by atoms with Crippen LogP contribution in [0, 0.1) is 5.92 Å². The largest absolute Gasteiger partial charge is 0.465 e. The summed E-state index contributed by atoms with van der Waals surface area (Å²) in [5, 5.41) is 0. The summed E-state index contributed by atoms with van der Waals surface area (Å²) in [4.78, 5) is 24.2. The summed E-state index contributed by atoms with van der Waals surface area (Å²) in [6.07, 6.45) is 0. The Hall–Kier alpha value is -1.06. The highest BCUT2D eigenvalue weighted by Gasteiger charge is 2.18. The Morgan fingerprint density at radius 3 is 2.21 bits per heavy atom. The summed E-state index contributed by atoms with van der Waals surface area (Å²) >= 11 is 0. The van der Waals surface area contributed by atoms with Crippen molar-refractivity contribution in [2.45, 2.75) is 27.7 Å². The number of amides is 1. The standard InChI is InChI=1S/C10H19NO3/c1-5-11(10(13)8(3)4)7-9(12)14-6-2/h8H,5-7H2,1-4H3. The molecule has 0 aliphatic carbocycles. The average Bonchev–Trinajstić information content (AvgIpc) is 2.13. The first-order valence-electron chi connectivity index (χ1n) is 4.97. The van der Waals surface area contributed by atoms with Gasteiger partial charge in [0.15, 0.2) is 0 Å². The molecule has 0 aromatic rings. The summed E-state index contributed by atoms with van der Waals surface area (Å²) in [7, 11) is 0. The van der Waals surface area contributed by atoms with Gasteiger partial charge in [-0.25, -0.2) is 0 Å². The molecule has 0 atom stereocenters. The highest BCUT2D eigenvalue weighted by atomic mass is 16.5. The molecule has 0 unspecified atom stereocenters. The molecule has 0 saturated carbocycles. The zero-order chi connectivity index (χ0) is 11.1. The Morgan fingerprint density at radius 2 is 1.86 bits per heavy atom. The van der Waals surface area contributed by atoms with Crippen LogP contribution in [0.5, 0.6) is 0 Å². The van der Waals surface area contributed by atoms with Crippen molar-refractivity contribution in [3.8, 4) is 0 Å². The molecule has 0 aliphatic rings. The first kappa shape index (κ1) is 12.9. The van der Waals surface area contributed by atoms with E-state index in [9.17, 15) is 9.59 Å². The third-order valence-corrected chi connectivity index (χ3v) is 1.81. The van der Waals surface area contributed by atoms with Crippen LogP contribution in [0.3, 0.4) is 0 Å². The number of nitrogens with zero attached hydrogens (tertiary/aromatic N) is 1. The molecule has 4 nitrogen and oxygen atoms in total. The van der Waals surface area contributed by atoms with Gasteiger partial charge in [-0.05, 0) is 13.8 Å². The van der Waals surface area contributed by atoms with Gasteiger partial charge < -0.3 is 9.64 Å². The van der Waals surface area contributed by atoms with E-state index in [0.717, 1.165) is 0 Å². The second-order valence-electron chi connectivity index (χ2n) is 3.31. The van der Waals surface area contributed by atoms with E-state index in [1.807, 2.05) is 20.8 Å². The number of hydrogen-bond acceptors (Lipinski definition) is 3. The number of carbonyl (C=O) groups excluding carboxylic acids is 2.